The minimum atomic E-state index is -0.285. The number of likely N-dealkylation sites (tertiary alicyclic amines) is 1. The van der Waals surface area contributed by atoms with E-state index in [2.05, 4.69) is 18.8 Å². The van der Waals surface area contributed by atoms with Gasteiger partial charge in [-0.3, -0.25) is 9.59 Å². The van der Waals surface area contributed by atoms with Crippen molar-refractivity contribution < 1.29 is 14.3 Å². The topological polar surface area (TPSA) is 62.7 Å². The number of aromatic nitrogens is 1. The SMILES string of the molecule is CC(=O)N1CCOC2(CCN(C(=O)c3nc(C(C)C)cs3)CC2)C1. The van der Waals surface area contributed by atoms with E-state index in [9.17, 15) is 9.59 Å². The highest BCUT2D eigenvalue weighted by atomic mass is 32.1. The second-order valence-corrected chi connectivity index (χ2v) is 7.85. The molecule has 0 atom stereocenters. The Kier molecular flexibility index (Phi) is 4.92. The number of nitrogens with zero attached hydrogens (tertiary/aromatic N) is 3. The molecule has 3 rings (SSSR count). The molecule has 2 amide bonds. The second-order valence-electron chi connectivity index (χ2n) is 7.00. The smallest absolute Gasteiger partial charge is 0.282 e. The summed E-state index contributed by atoms with van der Waals surface area (Å²) in [4.78, 5) is 32.5. The molecule has 0 saturated carbocycles. The first-order chi connectivity index (χ1) is 11.4. The molecule has 3 heterocycles. The third-order valence-electron chi connectivity index (χ3n) is 4.95. The maximum atomic E-state index is 12.6. The number of ether oxygens (including phenoxy) is 1. The van der Waals surface area contributed by atoms with E-state index in [1.807, 2.05) is 15.2 Å². The summed E-state index contributed by atoms with van der Waals surface area (Å²) in [5.74, 6) is 0.446. The highest BCUT2D eigenvalue weighted by Gasteiger charge is 2.41. The van der Waals surface area contributed by atoms with Crippen LogP contribution in [0.25, 0.3) is 0 Å². The third kappa shape index (κ3) is 3.47. The first kappa shape index (κ1) is 17.4. The fourth-order valence-electron chi connectivity index (χ4n) is 3.32. The molecule has 0 radical (unpaired) electrons. The second kappa shape index (κ2) is 6.80. The molecule has 0 aromatic carbocycles. The Labute approximate surface area is 146 Å². The van der Waals surface area contributed by atoms with Gasteiger partial charge in [-0.05, 0) is 18.8 Å². The van der Waals surface area contributed by atoms with Crippen molar-refractivity contribution >= 4 is 23.2 Å². The van der Waals surface area contributed by atoms with Gasteiger partial charge in [0.25, 0.3) is 5.91 Å². The van der Waals surface area contributed by atoms with Crippen LogP contribution in [0.15, 0.2) is 5.38 Å². The number of piperidine rings is 1. The van der Waals surface area contributed by atoms with Gasteiger partial charge < -0.3 is 14.5 Å². The Bertz CT molecular complexity index is 620. The molecule has 0 N–H and O–H groups in total. The average molecular weight is 351 g/mol. The lowest BCUT2D eigenvalue weighted by Gasteiger charge is -2.47. The van der Waals surface area contributed by atoms with E-state index in [0.717, 1.165) is 18.5 Å². The maximum Gasteiger partial charge on any atom is 0.282 e. The van der Waals surface area contributed by atoms with Crippen LogP contribution < -0.4 is 0 Å². The predicted octanol–water partition coefficient (Wildman–Crippen LogP) is 2.12. The van der Waals surface area contributed by atoms with E-state index >= 15 is 0 Å². The highest BCUT2D eigenvalue weighted by molar-refractivity contribution is 7.11. The lowest BCUT2D eigenvalue weighted by atomic mass is 9.89. The Morgan fingerprint density at radius 2 is 1.96 bits per heavy atom. The summed E-state index contributed by atoms with van der Waals surface area (Å²) < 4.78 is 6.01. The summed E-state index contributed by atoms with van der Waals surface area (Å²) in [7, 11) is 0. The van der Waals surface area contributed by atoms with E-state index in [-0.39, 0.29) is 17.4 Å². The third-order valence-corrected chi connectivity index (χ3v) is 5.80. The average Bonchev–Trinajstić information content (AvgIpc) is 3.05. The van der Waals surface area contributed by atoms with Crippen molar-refractivity contribution in [2.45, 2.75) is 45.1 Å². The van der Waals surface area contributed by atoms with E-state index < -0.39 is 0 Å². The molecule has 24 heavy (non-hydrogen) atoms. The monoisotopic (exact) mass is 351 g/mol. The van der Waals surface area contributed by atoms with Crippen LogP contribution in [0.5, 0.6) is 0 Å². The zero-order valence-electron chi connectivity index (χ0n) is 14.6. The molecule has 2 saturated heterocycles. The van der Waals surface area contributed by atoms with Gasteiger partial charge in [-0.2, -0.15) is 0 Å². The molecule has 1 aromatic rings. The van der Waals surface area contributed by atoms with Gasteiger partial charge in [-0.15, -0.1) is 11.3 Å². The molecule has 1 spiro atoms. The summed E-state index contributed by atoms with van der Waals surface area (Å²) in [5, 5.41) is 2.54. The molecular weight excluding hydrogens is 326 g/mol. The van der Waals surface area contributed by atoms with Crippen molar-refractivity contribution in [1.29, 1.82) is 0 Å². The molecule has 2 aliphatic rings. The molecule has 132 valence electrons. The van der Waals surface area contributed by atoms with Crippen molar-refractivity contribution in [1.82, 2.24) is 14.8 Å². The summed E-state index contributed by atoms with van der Waals surface area (Å²) in [5.41, 5.74) is 0.691. The van der Waals surface area contributed by atoms with Gasteiger partial charge in [-0.25, -0.2) is 4.98 Å². The van der Waals surface area contributed by atoms with Crippen LogP contribution in [-0.2, 0) is 9.53 Å². The van der Waals surface area contributed by atoms with Crippen LogP contribution in [0.2, 0.25) is 0 Å². The van der Waals surface area contributed by atoms with E-state index in [1.165, 1.54) is 11.3 Å². The Morgan fingerprint density at radius 3 is 2.54 bits per heavy atom. The Morgan fingerprint density at radius 1 is 1.25 bits per heavy atom. The fraction of sp³-hybridized carbons (Fsp3) is 0.706. The summed E-state index contributed by atoms with van der Waals surface area (Å²) >= 11 is 1.42. The van der Waals surface area contributed by atoms with Gasteiger partial charge in [0, 0.05) is 38.5 Å². The van der Waals surface area contributed by atoms with Crippen molar-refractivity contribution in [3.8, 4) is 0 Å². The summed E-state index contributed by atoms with van der Waals surface area (Å²) in [6, 6.07) is 0. The zero-order valence-corrected chi connectivity index (χ0v) is 15.4. The number of carbonyl (C=O) groups is 2. The van der Waals surface area contributed by atoms with E-state index in [1.54, 1.807) is 6.92 Å². The molecule has 0 unspecified atom stereocenters. The quantitative estimate of drug-likeness (QED) is 0.819. The number of morpholine rings is 1. The fourth-order valence-corrected chi connectivity index (χ4v) is 4.26. The summed E-state index contributed by atoms with van der Waals surface area (Å²) in [6.07, 6.45) is 1.54. The lowest BCUT2D eigenvalue weighted by molar-refractivity contribution is -0.156. The van der Waals surface area contributed by atoms with Gasteiger partial charge in [0.2, 0.25) is 5.91 Å². The van der Waals surface area contributed by atoms with Crippen LogP contribution in [-0.4, -0.2) is 65.0 Å². The molecule has 2 fully saturated rings. The minimum absolute atomic E-state index is 0.0148. The molecule has 6 nitrogen and oxygen atoms in total. The van der Waals surface area contributed by atoms with Crippen molar-refractivity contribution in [3.63, 3.8) is 0 Å². The largest absolute Gasteiger partial charge is 0.371 e. The Balaban J connectivity index is 1.62. The standard InChI is InChI=1S/C17H25N3O3S/c1-12(2)14-10-24-15(18-14)16(22)19-6-4-17(5-7-19)11-20(13(3)21)8-9-23-17/h10,12H,4-9,11H2,1-3H3. The van der Waals surface area contributed by atoms with Gasteiger partial charge >= 0.3 is 0 Å². The molecule has 0 bridgehead atoms. The number of amides is 2. The van der Waals surface area contributed by atoms with Crippen LogP contribution in [0.1, 0.15) is 55.0 Å². The molecule has 2 aliphatic heterocycles. The first-order valence-corrected chi connectivity index (χ1v) is 9.42. The van der Waals surface area contributed by atoms with Gasteiger partial charge in [0.1, 0.15) is 0 Å². The zero-order chi connectivity index (χ0) is 17.3. The van der Waals surface area contributed by atoms with Crippen LogP contribution >= 0.6 is 11.3 Å². The van der Waals surface area contributed by atoms with Gasteiger partial charge in [0.15, 0.2) is 5.01 Å². The first-order valence-electron chi connectivity index (χ1n) is 8.54. The van der Waals surface area contributed by atoms with E-state index in [4.69, 9.17) is 4.74 Å². The lowest BCUT2D eigenvalue weighted by Crippen LogP contribution is -2.58. The summed E-state index contributed by atoms with van der Waals surface area (Å²) in [6.45, 7) is 8.95. The van der Waals surface area contributed by atoms with Crippen molar-refractivity contribution in [3.05, 3.63) is 16.1 Å². The highest BCUT2D eigenvalue weighted by Crippen LogP contribution is 2.31. The van der Waals surface area contributed by atoms with Gasteiger partial charge in [-0.1, -0.05) is 13.8 Å². The number of rotatable bonds is 2. The van der Waals surface area contributed by atoms with Crippen LogP contribution in [0.3, 0.4) is 0 Å². The number of thiazole rings is 1. The van der Waals surface area contributed by atoms with Crippen molar-refractivity contribution in [2.75, 3.05) is 32.8 Å². The minimum Gasteiger partial charge on any atom is -0.371 e. The van der Waals surface area contributed by atoms with E-state index in [0.29, 0.717) is 43.7 Å². The predicted molar refractivity (Wildman–Crippen MR) is 92.3 cm³/mol. The number of hydrogen-bond donors (Lipinski definition) is 0. The molecular formula is C17H25N3O3S. The van der Waals surface area contributed by atoms with Gasteiger partial charge in [0.05, 0.1) is 17.9 Å². The molecule has 1 aromatic heterocycles. The van der Waals surface area contributed by atoms with Crippen LogP contribution in [0.4, 0.5) is 0 Å². The molecule has 0 aliphatic carbocycles. The van der Waals surface area contributed by atoms with Crippen LogP contribution in [0, 0.1) is 0 Å². The number of hydrogen-bond acceptors (Lipinski definition) is 5. The molecule has 7 heteroatoms. The maximum absolute atomic E-state index is 12.6. The van der Waals surface area contributed by atoms with Crippen molar-refractivity contribution in [2.24, 2.45) is 0 Å². The number of carbonyl (C=O) groups excluding carboxylic acids is 2. The normalized spacial score (nSPS) is 20.7. The Hall–Kier alpha value is -1.47.